The van der Waals surface area contributed by atoms with Crippen LogP contribution in [-0.4, -0.2) is 29.1 Å². The molecule has 2 rings (SSSR count). The molecule has 0 aliphatic heterocycles. The van der Waals surface area contributed by atoms with E-state index in [0.29, 0.717) is 18.4 Å². The average molecular weight is 321 g/mol. The van der Waals surface area contributed by atoms with Gasteiger partial charge in [-0.25, -0.2) is 0 Å². The van der Waals surface area contributed by atoms with E-state index in [0.717, 1.165) is 5.75 Å². The van der Waals surface area contributed by atoms with E-state index in [1.807, 2.05) is 55.9 Å². The van der Waals surface area contributed by atoms with Crippen molar-refractivity contribution in [1.29, 1.82) is 0 Å². The molecular formula is C18H27NO2S. The lowest BCUT2D eigenvalue weighted by Crippen LogP contribution is -2.42. The third kappa shape index (κ3) is 5.56. The van der Waals surface area contributed by atoms with Gasteiger partial charge in [0.15, 0.2) is 0 Å². The molecule has 0 unspecified atom stereocenters. The maximum atomic E-state index is 12.4. The first-order chi connectivity index (χ1) is 10.6. The Morgan fingerprint density at radius 2 is 1.91 bits per heavy atom. The molecular weight excluding hydrogens is 294 g/mol. The van der Waals surface area contributed by atoms with Gasteiger partial charge in [-0.3, -0.25) is 4.79 Å². The normalized spacial score (nSPS) is 16.3. The van der Waals surface area contributed by atoms with Gasteiger partial charge in [-0.2, -0.15) is 0 Å². The van der Waals surface area contributed by atoms with Gasteiger partial charge in [-0.15, -0.1) is 11.8 Å². The minimum Gasteiger partial charge on any atom is -0.492 e. The molecule has 0 bridgehead atoms. The number of carbonyl (C=O) groups excluding carboxylic acids is 1. The number of ether oxygens (including phenoxy) is 1. The second-order valence-electron chi connectivity index (χ2n) is 6.31. The standard InChI is InChI=1S/C18H27NO2S/c1-18(2,22-16-11-7-4-8-12-16)17(20)19-13-14-21-15-9-5-3-6-10-15/h3,5-6,9-10,16H,4,7-8,11-14H2,1-2H3,(H,19,20). The average Bonchev–Trinajstić information content (AvgIpc) is 2.53. The Balaban J connectivity index is 1.68. The summed E-state index contributed by atoms with van der Waals surface area (Å²) in [7, 11) is 0. The maximum absolute atomic E-state index is 12.4. The van der Waals surface area contributed by atoms with Crippen LogP contribution in [0.4, 0.5) is 0 Å². The Morgan fingerprint density at radius 3 is 2.59 bits per heavy atom. The highest BCUT2D eigenvalue weighted by Crippen LogP contribution is 2.36. The first-order valence-corrected chi connectivity index (χ1v) is 9.10. The van der Waals surface area contributed by atoms with E-state index < -0.39 is 0 Å². The third-order valence-electron chi connectivity index (χ3n) is 3.96. The minimum absolute atomic E-state index is 0.111. The van der Waals surface area contributed by atoms with Crippen molar-refractivity contribution in [3.8, 4) is 5.75 Å². The van der Waals surface area contributed by atoms with Gasteiger partial charge in [0.25, 0.3) is 0 Å². The molecule has 4 heteroatoms. The smallest absolute Gasteiger partial charge is 0.235 e. The van der Waals surface area contributed by atoms with Crippen LogP contribution in [-0.2, 0) is 4.79 Å². The van der Waals surface area contributed by atoms with Gasteiger partial charge in [0, 0.05) is 5.25 Å². The third-order valence-corrected chi connectivity index (χ3v) is 5.54. The van der Waals surface area contributed by atoms with E-state index in [9.17, 15) is 4.79 Å². The highest BCUT2D eigenvalue weighted by molar-refractivity contribution is 8.01. The van der Waals surface area contributed by atoms with Crippen LogP contribution < -0.4 is 10.1 Å². The lowest BCUT2D eigenvalue weighted by Gasteiger charge is -2.30. The Kier molecular flexibility index (Phi) is 6.62. The van der Waals surface area contributed by atoms with Crippen LogP contribution in [0.2, 0.25) is 0 Å². The quantitative estimate of drug-likeness (QED) is 0.771. The topological polar surface area (TPSA) is 38.3 Å². The molecule has 22 heavy (non-hydrogen) atoms. The molecule has 1 aliphatic carbocycles. The van der Waals surface area contributed by atoms with Crippen molar-refractivity contribution in [2.45, 2.75) is 55.9 Å². The summed E-state index contributed by atoms with van der Waals surface area (Å²) in [4.78, 5) is 12.4. The van der Waals surface area contributed by atoms with Gasteiger partial charge in [-0.1, -0.05) is 37.5 Å². The molecule has 1 saturated carbocycles. The number of rotatable bonds is 7. The van der Waals surface area contributed by atoms with E-state index in [1.165, 1.54) is 32.1 Å². The van der Waals surface area contributed by atoms with E-state index in [4.69, 9.17) is 4.74 Å². The highest BCUT2D eigenvalue weighted by Gasteiger charge is 2.31. The Morgan fingerprint density at radius 1 is 1.23 bits per heavy atom. The van der Waals surface area contributed by atoms with E-state index >= 15 is 0 Å². The number of amides is 1. The summed E-state index contributed by atoms with van der Waals surface area (Å²) in [6.45, 7) is 5.10. The molecule has 1 aliphatic rings. The Labute approximate surface area is 138 Å². The molecule has 1 amide bonds. The molecule has 1 aromatic carbocycles. The number of hydrogen-bond donors (Lipinski definition) is 1. The van der Waals surface area contributed by atoms with Crippen molar-refractivity contribution in [3.63, 3.8) is 0 Å². The highest BCUT2D eigenvalue weighted by atomic mass is 32.2. The van der Waals surface area contributed by atoms with Crippen LogP contribution in [0, 0.1) is 0 Å². The molecule has 1 N–H and O–H groups in total. The second kappa shape index (κ2) is 8.47. The Bertz CT molecular complexity index is 455. The monoisotopic (exact) mass is 321 g/mol. The number of hydrogen-bond acceptors (Lipinski definition) is 3. The fraction of sp³-hybridized carbons (Fsp3) is 0.611. The SMILES string of the molecule is CC(C)(SC1CCCCC1)C(=O)NCCOc1ccccc1. The fourth-order valence-corrected chi connectivity index (χ4v) is 4.30. The molecule has 0 radical (unpaired) electrons. The number of thioether (sulfide) groups is 1. The van der Waals surface area contributed by atoms with Gasteiger partial charge in [-0.05, 0) is 38.8 Å². The summed E-state index contributed by atoms with van der Waals surface area (Å²) in [5.74, 6) is 0.951. The van der Waals surface area contributed by atoms with Crippen LogP contribution >= 0.6 is 11.8 Å². The molecule has 3 nitrogen and oxygen atoms in total. The molecule has 0 atom stereocenters. The first-order valence-electron chi connectivity index (χ1n) is 8.22. The summed E-state index contributed by atoms with van der Waals surface area (Å²) < 4.78 is 5.23. The zero-order valence-electron chi connectivity index (χ0n) is 13.6. The van der Waals surface area contributed by atoms with Crippen molar-refractivity contribution in [2.75, 3.05) is 13.2 Å². The summed E-state index contributed by atoms with van der Waals surface area (Å²) in [6.07, 6.45) is 6.46. The molecule has 0 aromatic heterocycles. The fourth-order valence-electron chi connectivity index (χ4n) is 2.72. The van der Waals surface area contributed by atoms with E-state index in [-0.39, 0.29) is 10.7 Å². The first kappa shape index (κ1) is 17.2. The van der Waals surface area contributed by atoms with E-state index in [1.54, 1.807) is 0 Å². The van der Waals surface area contributed by atoms with Gasteiger partial charge in [0.1, 0.15) is 12.4 Å². The molecule has 122 valence electrons. The summed E-state index contributed by atoms with van der Waals surface area (Å²) in [6, 6.07) is 9.69. The van der Waals surface area contributed by atoms with Crippen molar-refractivity contribution >= 4 is 17.7 Å². The van der Waals surface area contributed by atoms with Gasteiger partial charge < -0.3 is 10.1 Å². The molecule has 1 fully saturated rings. The maximum Gasteiger partial charge on any atom is 0.235 e. The van der Waals surface area contributed by atoms with Gasteiger partial charge >= 0.3 is 0 Å². The van der Waals surface area contributed by atoms with Crippen LogP contribution in [0.15, 0.2) is 30.3 Å². The molecule has 1 aromatic rings. The zero-order chi connectivity index (χ0) is 15.8. The van der Waals surface area contributed by atoms with Crippen LogP contribution in [0.1, 0.15) is 46.0 Å². The van der Waals surface area contributed by atoms with Crippen LogP contribution in [0.5, 0.6) is 5.75 Å². The van der Waals surface area contributed by atoms with Crippen LogP contribution in [0.3, 0.4) is 0 Å². The zero-order valence-corrected chi connectivity index (χ0v) is 14.5. The van der Waals surface area contributed by atoms with Crippen LogP contribution in [0.25, 0.3) is 0 Å². The second-order valence-corrected chi connectivity index (χ2v) is 8.23. The van der Waals surface area contributed by atoms with Crippen molar-refractivity contribution in [3.05, 3.63) is 30.3 Å². The lowest BCUT2D eigenvalue weighted by molar-refractivity contribution is -0.122. The number of benzene rings is 1. The van der Waals surface area contributed by atoms with Crippen molar-refractivity contribution in [2.24, 2.45) is 0 Å². The molecule has 0 spiro atoms. The predicted molar refractivity (Wildman–Crippen MR) is 93.5 cm³/mol. The summed E-state index contributed by atoms with van der Waals surface area (Å²) >= 11 is 1.83. The minimum atomic E-state index is -0.366. The summed E-state index contributed by atoms with van der Waals surface area (Å²) in [5.41, 5.74) is 0. The Hall–Kier alpha value is -1.16. The number of para-hydroxylation sites is 1. The predicted octanol–water partition coefficient (Wildman–Crippen LogP) is 4.03. The van der Waals surface area contributed by atoms with Gasteiger partial charge in [0.05, 0.1) is 11.3 Å². The van der Waals surface area contributed by atoms with E-state index in [2.05, 4.69) is 5.32 Å². The van der Waals surface area contributed by atoms with Crippen molar-refractivity contribution < 1.29 is 9.53 Å². The van der Waals surface area contributed by atoms with Crippen molar-refractivity contribution in [1.82, 2.24) is 5.32 Å². The van der Waals surface area contributed by atoms with Gasteiger partial charge in [0.2, 0.25) is 5.91 Å². The number of nitrogens with one attached hydrogen (secondary N) is 1. The largest absolute Gasteiger partial charge is 0.492 e. The lowest BCUT2D eigenvalue weighted by atomic mass is 10.0. The number of carbonyl (C=O) groups is 1. The molecule has 0 saturated heterocycles. The molecule has 0 heterocycles. The summed E-state index contributed by atoms with van der Waals surface area (Å²) in [5, 5.41) is 3.63.